The van der Waals surface area contributed by atoms with Crippen molar-refractivity contribution in [2.45, 2.75) is 57.8 Å². The quantitative estimate of drug-likeness (QED) is 0.403. The van der Waals surface area contributed by atoms with E-state index in [4.69, 9.17) is 9.84 Å². The van der Waals surface area contributed by atoms with Crippen molar-refractivity contribution in [3.05, 3.63) is 0 Å². The number of hydrogen-bond acceptors (Lipinski definition) is 6. The van der Waals surface area contributed by atoms with E-state index in [9.17, 15) is 19.8 Å². The Morgan fingerprint density at radius 3 is 2.29 bits per heavy atom. The maximum atomic E-state index is 11.8. The van der Waals surface area contributed by atoms with Crippen LogP contribution in [0.25, 0.3) is 0 Å². The minimum absolute atomic E-state index is 0.136. The largest absolute Gasteiger partial charge is 0.394 e. The van der Waals surface area contributed by atoms with Crippen molar-refractivity contribution in [2.24, 2.45) is 5.92 Å². The zero-order valence-corrected chi connectivity index (χ0v) is 12.4. The second-order valence-electron chi connectivity index (χ2n) is 5.65. The Balaban J connectivity index is 2.83. The Kier molecular flexibility index (Phi) is 6.53. The van der Waals surface area contributed by atoms with Gasteiger partial charge in [0.25, 0.3) is 0 Å². The molecule has 0 aromatic heterocycles. The first-order valence-corrected chi connectivity index (χ1v) is 6.95. The van der Waals surface area contributed by atoms with Crippen LogP contribution in [0, 0.1) is 5.92 Å². The van der Waals surface area contributed by atoms with Crippen LogP contribution in [0.15, 0.2) is 0 Å². The topological polar surface area (TPSA) is 128 Å². The van der Waals surface area contributed by atoms with Gasteiger partial charge >= 0.3 is 0 Å². The van der Waals surface area contributed by atoms with Gasteiger partial charge in [-0.1, -0.05) is 13.8 Å². The molecule has 0 spiro atoms. The summed E-state index contributed by atoms with van der Waals surface area (Å²) in [7, 11) is 0. The number of ether oxygens (including phenoxy) is 1. The summed E-state index contributed by atoms with van der Waals surface area (Å²) in [5.41, 5.74) is 0. The minimum atomic E-state index is -1.36. The number of aliphatic hydroxyl groups is 3. The van der Waals surface area contributed by atoms with E-state index >= 15 is 0 Å². The third kappa shape index (κ3) is 4.92. The van der Waals surface area contributed by atoms with Crippen molar-refractivity contribution in [3.8, 4) is 0 Å². The zero-order chi connectivity index (χ0) is 16.2. The Morgan fingerprint density at radius 2 is 1.81 bits per heavy atom. The molecule has 1 aliphatic heterocycles. The summed E-state index contributed by atoms with van der Waals surface area (Å²) in [4.78, 5) is 23.0. The molecule has 1 fully saturated rings. The number of hydrogen-bond donors (Lipinski definition) is 5. The normalized spacial score (nSPS) is 32.8. The lowest BCUT2D eigenvalue weighted by molar-refractivity contribution is -0.203. The van der Waals surface area contributed by atoms with Crippen LogP contribution in [0.2, 0.25) is 0 Å². The molecule has 5 atom stereocenters. The van der Waals surface area contributed by atoms with Gasteiger partial charge in [0.05, 0.1) is 6.61 Å². The lowest BCUT2D eigenvalue weighted by atomic mass is 9.95. The monoisotopic (exact) mass is 304 g/mol. The summed E-state index contributed by atoms with van der Waals surface area (Å²) in [6, 6.07) is -0.989. The Labute approximate surface area is 123 Å². The van der Waals surface area contributed by atoms with Gasteiger partial charge in [0.15, 0.2) is 6.23 Å². The van der Waals surface area contributed by atoms with E-state index in [-0.39, 0.29) is 18.2 Å². The molecule has 1 heterocycles. The summed E-state index contributed by atoms with van der Waals surface area (Å²) in [6.45, 7) is 4.50. The second kappa shape index (κ2) is 7.69. The maximum Gasteiger partial charge on any atom is 0.222 e. The number of amides is 2. The molecule has 122 valence electrons. The first-order chi connectivity index (χ1) is 9.76. The van der Waals surface area contributed by atoms with E-state index in [1.807, 2.05) is 13.8 Å². The molecular formula is C13H24N2O6. The molecular weight excluding hydrogens is 280 g/mol. The van der Waals surface area contributed by atoms with Crippen LogP contribution in [0.1, 0.15) is 27.2 Å². The number of aliphatic hydroxyl groups excluding tert-OH is 3. The summed E-state index contributed by atoms with van der Waals surface area (Å²) in [5, 5.41) is 34.0. The van der Waals surface area contributed by atoms with E-state index in [1.165, 1.54) is 6.92 Å². The van der Waals surface area contributed by atoms with E-state index in [2.05, 4.69) is 10.6 Å². The summed E-state index contributed by atoms with van der Waals surface area (Å²) in [6.07, 6.45) is -4.51. The lowest BCUT2D eigenvalue weighted by Gasteiger charge is -2.42. The highest BCUT2D eigenvalue weighted by Gasteiger charge is 2.45. The van der Waals surface area contributed by atoms with E-state index in [0.717, 1.165) is 0 Å². The smallest absolute Gasteiger partial charge is 0.222 e. The zero-order valence-electron chi connectivity index (χ0n) is 12.4. The maximum absolute atomic E-state index is 11.8. The molecule has 0 aliphatic carbocycles. The Bertz CT molecular complexity index is 376. The van der Waals surface area contributed by atoms with Gasteiger partial charge in [0, 0.05) is 13.3 Å². The molecule has 1 aliphatic rings. The summed E-state index contributed by atoms with van der Waals surface area (Å²) in [5.74, 6) is -0.594. The van der Waals surface area contributed by atoms with Crippen molar-refractivity contribution < 1.29 is 29.6 Å². The molecule has 1 rings (SSSR count). The fraction of sp³-hybridized carbons (Fsp3) is 0.846. The van der Waals surface area contributed by atoms with Crippen molar-refractivity contribution in [2.75, 3.05) is 6.61 Å². The van der Waals surface area contributed by atoms with Gasteiger partial charge in [0.1, 0.15) is 24.4 Å². The van der Waals surface area contributed by atoms with Crippen molar-refractivity contribution in [1.82, 2.24) is 10.6 Å². The predicted molar refractivity (Wildman–Crippen MR) is 73.0 cm³/mol. The Hall–Kier alpha value is -1.22. The highest BCUT2D eigenvalue weighted by Crippen LogP contribution is 2.20. The molecule has 0 unspecified atom stereocenters. The Morgan fingerprint density at radius 1 is 1.19 bits per heavy atom. The third-order valence-corrected chi connectivity index (χ3v) is 3.19. The van der Waals surface area contributed by atoms with Gasteiger partial charge in [-0.15, -0.1) is 0 Å². The van der Waals surface area contributed by atoms with E-state index < -0.39 is 43.1 Å². The van der Waals surface area contributed by atoms with Gasteiger partial charge in [-0.2, -0.15) is 0 Å². The summed E-state index contributed by atoms with van der Waals surface area (Å²) < 4.78 is 5.38. The van der Waals surface area contributed by atoms with Crippen molar-refractivity contribution in [3.63, 3.8) is 0 Å². The van der Waals surface area contributed by atoms with Crippen LogP contribution >= 0.6 is 0 Å². The summed E-state index contributed by atoms with van der Waals surface area (Å²) >= 11 is 0. The first-order valence-electron chi connectivity index (χ1n) is 6.95. The molecule has 0 aromatic carbocycles. The first kappa shape index (κ1) is 17.8. The van der Waals surface area contributed by atoms with Gasteiger partial charge in [0.2, 0.25) is 11.8 Å². The number of rotatable bonds is 5. The molecule has 21 heavy (non-hydrogen) atoms. The standard InChI is InChI=1S/C13H24N2O6/c1-6(2)4-9(18)15-13-10(14-7(3)17)12(20)11(19)8(5-16)21-13/h6,8,10-13,16,19-20H,4-5H2,1-3H3,(H,14,17)(H,15,18)/t8-,10-,11-,12-,13-/m1/s1. The van der Waals surface area contributed by atoms with Crippen LogP contribution in [0.4, 0.5) is 0 Å². The van der Waals surface area contributed by atoms with Crippen LogP contribution in [-0.4, -0.2) is 64.3 Å². The fourth-order valence-electron chi connectivity index (χ4n) is 2.22. The van der Waals surface area contributed by atoms with Crippen LogP contribution < -0.4 is 10.6 Å². The average molecular weight is 304 g/mol. The molecule has 1 saturated heterocycles. The molecule has 0 aromatic rings. The number of carbonyl (C=O) groups is 2. The van der Waals surface area contributed by atoms with Gasteiger partial charge in [-0.05, 0) is 5.92 Å². The van der Waals surface area contributed by atoms with Crippen LogP contribution in [-0.2, 0) is 14.3 Å². The molecule has 8 nitrogen and oxygen atoms in total. The minimum Gasteiger partial charge on any atom is -0.394 e. The lowest BCUT2D eigenvalue weighted by Crippen LogP contribution is -2.68. The fourth-order valence-corrected chi connectivity index (χ4v) is 2.22. The van der Waals surface area contributed by atoms with Gasteiger partial charge in [-0.3, -0.25) is 9.59 Å². The van der Waals surface area contributed by atoms with Gasteiger partial charge < -0.3 is 30.7 Å². The molecule has 5 N–H and O–H groups in total. The van der Waals surface area contributed by atoms with Crippen LogP contribution in [0.5, 0.6) is 0 Å². The predicted octanol–water partition coefficient (Wildman–Crippen LogP) is -1.91. The number of carbonyl (C=O) groups excluding carboxylic acids is 2. The van der Waals surface area contributed by atoms with Crippen LogP contribution in [0.3, 0.4) is 0 Å². The van der Waals surface area contributed by atoms with E-state index in [1.54, 1.807) is 0 Å². The molecule has 0 bridgehead atoms. The molecule has 8 heteroatoms. The highest BCUT2D eigenvalue weighted by atomic mass is 16.5. The average Bonchev–Trinajstić information content (AvgIpc) is 2.36. The SMILES string of the molecule is CC(=O)N[C@@H]1[C@@H](O)[C@H](O)[C@@H](CO)O[C@H]1NC(=O)CC(C)C. The van der Waals surface area contributed by atoms with Crippen molar-refractivity contribution in [1.29, 1.82) is 0 Å². The molecule has 0 saturated carbocycles. The van der Waals surface area contributed by atoms with Crippen molar-refractivity contribution >= 4 is 11.8 Å². The number of nitrogens with one attached hydrogen (secondary N) is 2. The third-order valence-electron chi connectivity index (χ3n) is 3.19. The highest BCUT2D eigenvalue weighted by molar-refractivity contribution is 5.77. The van der Waals surface area contributed by atoms with Gasteiger partial charge in [-0.25, -0.2) is 0 Å². The second-order valence-corrected chi connectivity index (χ2v) is 5.65. The molecule has 2 amide bonds. The molecule has 0 radical (unpaired) electrons. The van der Waals surface area contributed by atoms with E-state index in [0.29, 0.717) is 0 Å².